The number of alkyl halides is 1. The third kappa shape index (κ3) is 5.96. The molecular weight excluding hydrogens is 152 g/mol. The van der Waals surface area contributed by atoms with Gasteiger partial charge in [-0.2, -0.15) is 0 Å². The van der Waals surface area contributed by atoms with Crippen LogP contribution in [-0.2, 0) is 0 Å². The summed E-state index contributed by atoms with van der Waals surface area (Å²) in [5, 5.41) is 0.942. The van der Waals surface area contributed by atoms with Crippen molar-refractivity contribution in [3.63, 3.8) is 0 Å². The lowest BCUT2D eigenvalue weighted by Crippen LogP contribution is -1.53. The van der Waals surface area contributed by atoms with Gasteiger partial charge >= 0.3 is 0 Å². The van der Waals surface area contributed by atoms with E-state index in [4.69, 9.17) is 0 Å². The van der Waals surface area contributed by atoms with Crippen molar-refractivity contribution in [2.45, 2.75) is 6.92 Å². The molecule has 0 heterocycles. The third-order valence-electron chi connectivity index (χ3n) is 0.529. The van der Waals surface area contributed by atoms with Crippen LogP contribution in [0.2, 0.25) is 0 Å². The van der Waals surface area contributed by atoms with E-state index in [0.29, 0.717) is 0 Å². The number of allylic oxidation sites excluding steroid dienone is 4. The normalized spacial score (nSPS) is 11.7. The van der Waals surface area contributed by atoms with Crippen molar-refractivity contribution in [2.24, 2.45) is 0 Å². The molecule has 0 aromatic heterocycles. The van der Waals surface area contributed by atoms with Gasteiger partial charge in [0.1, 0.15) is 0 Å². The minimum Gasteiger partial charge on any atom is -0.0883 e. The number of rotatable bonds is 2. The Balaban J connectivity index is 3.09. The molecule has 40 valence electrons. The molecule has 0 nitrogen and oxygen atoms in total. The highest BCUT2D eigenvalue weighted by Crippen LogP contribution is 1.81. The lowest BCUT2D eigenvalue weighted by atomic mass is 10.5. The molecule has 0 atom stereocenters. The van der Waals surface area contributed by atoms with Crippen LogP contribution in [0.1, 0.15) is 6.92 Å². The van der Waals surface area contributed by atoms with Crippen molar-refractivity contribution in [1.82, 2.24) is 0 Å². The highest BCUT2D eigenvalue weighted by molar-refractivity contribution is 9.09. The van der Waals surface area contributed by atoms with Crippen LogP contribution in [0.25, 0.3) is 0 Å². The molecule has 0 saturated heterocycles. The average Bonchev–Trinajstić information content (AvgIpc) is 1.69. The van der Waals surface area contributed by atoms with Gasteiger partial charge in [0.25, 0.3) is 0 Å². The van der Waals surface area contributed by atoms with Gasteiger partial charge < -0.3 is 0 Å². The van der Waals surface area contributed by atoms with Crippen molar-refractivity contribution >= 4 is 15.9 Å². The van der Waals surface area contributed by atoms with Crippen LogP contribution >= 0.6 is 15.9 Å². The SMILES string of the molecule is C/C=C/C=CCBr. The Labute approximate surface area is 53.1 Å². The van der Waals surface area contributed by atoms with E-state index in [9.17, 15) is 0 Å². The van der Waals surface area contributed by atoms with Crippen molar-refractivity contribution in [2.75, 3.05) is 5.33 Å². The lowest BCUT2D eigenvalue weighted by molar-refractivity contribution is 1.71. The maximum atomic E-state index is 3.26. The second kappa shape index (κ2) is 5.96. The maximum absolute atomic E-state index is 3.26. The second-order valence-electron chi connectivity index (χ2n) is 1.11. The first-order valence-electron chi connectivity index (χ1n) is 2.25. The fraction of sp³-hybridized carbons (Fsp3) is 0.333. The summed E-state index contributed by atoms with van der Waals surface area (Å²) in [6, 6.07) is 0. The third-order valence-corrected chi connectivity index (χ3v) is 0.903. The Bertz CT molecular complexity index is 72.2. The summed E-state index contributed by atoms with van der Waals surface area (Å²) in [6.45, 7) is 2.00. The zero-order valence-corrected chi connectivity index (χ0v) is 5.98. The number of halogens is 1. The Morgan fingerprint density at radius 1 is 1.43 bits per heavy atom. The van der Waals surface area contributed by atoms with Crippen molar-refractivity contribution in [3.8, 4) is 0 Å². The lowest BCUT2D eigenvalue weighted by Gasteiger charge is -1.69. The molecular formula is C6H9Br. The molecule has 1 heteroatoms. The maximum Gasteiger partial charge on any atom is 0.0215 e. The second-order valence-corrected chi connectivity index (χ2v) is 1.76. The largest absolute Gasteiger partial charge is 0.0883 e. The van der Waals surface area contributed by atoms with Gasteiger partial charge in [-0.25, -0.2) is 0 Å². The van der Waals surface area contributed by atoms with Gasteiger partial charge in [-0.3, -0.25) is 0 Å². The van der Waals surface area contributed by atoms with E-state index < -0.39 is 0 Å². The van der Waals surface area contributed by atoms with Gasteiger partial charge in [0.05, 0.1) is 0 Å². The molecule has 0 spiro atoms. The molecule has 0 bridgehead atoms. The van der Waals surface area contributed by atoms with Gasteiger partial charge in [0.2, 0.25) is 0 Å². The summed E-state index contributed by atoms with van der Waals surface area (Å²) < 4.78 is 0. The van der Waals surface area contributed by atoms with Crippen molar-refractivity contribution < 1.29 is 0 Å². The van der Waals surface area contributed by atoms with Crippen LogP contribution in [0, 0.1) is 0 Å². The predicted molar refractivity (Wildman–Crippen MR) is 37.7 cm³/mol. The highest BCUT2D eigenvalue weighted by atomic mass is 79.9. The summed E-state index contributed by atoms with van der Waals surface area (Å²) >= 11 is 3.26. The molecule has 0 aliphatic rings. The van der Waals surface area contributed by atoms with Crippen molar-refractivity contribution in [3.05, 3.63) is 24.3 Å². The Kier molecular flexibility index (Phi) is 5.93. The first-order chi connectivity index (χ1) is 3.41. The molecule has 0 fully saturated rings. The predicted octanol–water partition coefficient (Wildman–Crippen LogP) is 2.51. The number of hydrogen-bond donors (Lipinski definition) is 0. The van der Waals surface area contributed by atoms with Crippen LogP contribution in [0.3, 0.4) is 0 Å². The smallest absolute Gasteiger partial charge is 0.0215 e. The summed E-state index contributed by atoms with van der Waals surface area (Å²) in [5.41, 5.74) is 0. The summed E-state index contributed by atoms with van der Waals surface area (Å²) in [6.07, 6.45) is 8.05. The fourth-order valence-corrected chi connectivity index (χ4v) is 0.457. The first kappa shape index (κ1) is 6.96. The van der Waals surface area contributed by atoms with E-state index in [1.54, 1.807) is 0 Å². The summed E-state index contributed by atoms with van der Waals surface area (Å²) in [7, 11) is 0. The molecule has 0 unspecified atom stereocenters. The zero-order valence-electron chi connectivity index (χ0n) is 4.39. The zero-order chi connectivity index (χ0) is 5.54. The van der Waals surface area contributed by atoms with E-state index >= 15 is 0 Å². The van der Waals surface area contributed by atoms with Crippen LogP contribution < -0.4 is 0 Å². The Morgan fingerprint density at radius 2 is 2.14 bits per heavy atom. The van der Waals surface area contributed by atoms with Gasteiger partial charge in [0, 0.05) is 5.33 Å². The first-order valence-corrected chi connectivity index (χ1v) is 3.37. The Hall–Kier alpha value is -0.0400. The minimum atomic E-state index is 0.942. The highest BCUT2D eigenvalue weighted by Gasteiger charge is 1.59. The van der Waals surface area contributed by atoms with E-state index in [1.807, 2.05) is 31.2 Å². The molecule has 0 saturated carbocycles. The molecule has 0 rings (SSSR count). The summed E-state index contributed by atoms with van der Waals surface area (Å²) in [4.78, 5) is 0. The van der Waals surface area contributed by atoms with E-state index in [0.717, 1.165) is 5.33 Å². The van der Waals surface area contributed by atoms with Crippen LogP contribution in [0.5, 0.6) is 0 Å². The van der Waals surface area contributed by atoms with Gasteiger partial charge in [-0.1, -0.05) is 40.2 Å². The molecule has 0 aromatic rings. The van der Waals surface area contributed by atoms with E-state index in [1.165, 1.54) is 0 Å². The van der Waals surface area contributed by atoms with Crippen molar-refractivity contribution in [1.29, 1.82) is 0 Å². The topological polar surface area (TPSA) is 0 Å². The standard InChI is InChI=1S/C6H9Br/c1-2-3-4-5-6-7/h2-5H,6H2,1H3/b3-2+,5-4?. The van der Waals surface area contributed by atoms with Gasteiger partial charge in [-0.05, 0) is 6.92 Å². The molecule has 0 N–H and O–H groups in total. The van der Waals surface area contributed by atoms with Crippen LogP contribution in [0.4, 0.5) is 0 Å². The van der Waals surface area contributed by atoms with Gasteiger partial charge in [-0.15, -0.1) is 0 Å². The Morgan fingerprint density at radius 3 is 2.57 bits per heavy atom. The molecule has 7 heavy (non-hydrogen) atoms. The van der Waals surface area contributed by atoms with Gasteiger partial charge in [0.15, 0.2) is 0 Å². The molecule has 0 aliphatic carbocycles. The molecule has 0 aliphatic heterocycles. The van der Waals surface area contributed by atoms with Crippen LogP contribution in [0.15, 0.2) is 24.3 Å². The van der Waals surface area contributed by atoms with E-state index in [2.05, 4.69) is 15.9 Å². The number of hydrogen-bond acceptors (Lipinski definition) is 0. The minimum absolute atomic E-state index is 0.942. The quantitative estimate of drug-likeness (QED) is 0.431. The fourth-order valence-electron chi connectivity index (χ4n) is 0.241. The van der Waals surface area contributed by atoms with E-state index in [-0.39, 0.29) is 0 Å². The molecule has 0 amide bonds. The average molecular weight is 161 g/mol. The van der Waals surface area contributed by atoms with Crippen LogP contribution in [-0.4, -0.2) is 5.33 Å². The molecule has 0 aromatic carbocycles. The monoisotopic (exact) mass is 160 g/mol. The summed E-state index contributed by atoms with van der Waals surface area (Å²) in [5.74, 6) is 0. The molecule has 0 radical (unpaired) electrons.